The van der Waals surface area contributed by atoms with Gasteiger partial charge in [-0.3, -0.25) is 0 Å². The van der Waals surface area contributed by atoms with Crippen molar-refractivity contribution in [1.29, 1.82) is 0 Å². The molecule has 1 fully saturated rings. The van der Waals surface area contributed by atoms with Crippen molar-refractivity contribution in [1.82, 2.24) is 10.3 Å². The maximum absolute atomic E-state index is 4.41. The molecule has 2 rings (SSSR count). The van der Waals surface area contributed by atoms with E-state index >= 15 is 0 Å². The molecule has 1 N–H and O–H groups in total. The maximum atomic E-state index is 4.41. The summed E-state index contributed by atoms with van der Waals surface area (Å²) in [4.78, 5) is 5.71. The number of thioether (sulfide) groups is 1. The van der Waals surface area contributed by atoms with Crippen LogP contribution in [0.2, 0.25) is 0 Å². The largest absolute Gasteiger partial charge is 0.305 e. The van der Waals surface area contributed by atoms with Crippen LogP contribution in [-0.2, 0) is 0 Å². The molecule has 2 unspecified atom stereocenters. The lowest BCUT2D eigenvalue weighted by atomic mass is 10.2. The molecule has 1 saturated heterocycles. The molecule has 1 aliphatic heterocycles. The van der Waals surface area contributed by atoms with Gasteiger partial charge in [-0.2, -0.15) is 11.8 Å². The fourth-order valence-electron chi connectivity index (χ4n) is 1.66. The van der Waals surface area contributed by atoms with Crippen LogP contribution < -0.4 is 5.32 Å². The van der Waals surface area contributed by atoms with Crippen LogP contribution in [0.5, 0.6) is 0 Å². The number of hydrogen-bond donors (Lipinski definition) is 1. The zero-order valence-electron chi connectivity index (χ0n) is 8.62. The normalized spacial score (nSPS) is 24.0. The third-order valence-corrected chi connectivity index (χ3v) is 4.68. The van der Waals surface area contributed by atoms with Crippen LogP contribution in [-0.4, -0.2) is 22.5 Å². The van der Waals surface area contributed by atoms with E-state index in [2.05, 4.69) is 24.1 Å². The van der Waals surface area contributed by atoms with Gasteiger partial charge in [0.05, 0.1) is 6.04 Å². The zero-order chi connectivity index (χ0) is 9.97. The first-order valence-electron chi connectivity index (χ1n) is 5.02. The van der Waals surface area contributed by atoms with Gasteiger partial charge in [0.2, 0.25) is 0 Å². The number of aryl methyl sites for hydroxylation is 1. The van der Waals surface area contributed by atoms with Gasteiger partial charge in [-0.25, -0.2) is 4.98 Å². The zero-order valence-corrected chi connectivity index (χ0v) is 10.3. The number of thiazole rings is 1. The van der Waals surface area contributed by atoms with Crippen molar-refractivity contribution in [3.8, 4) is 0 Å². The molecular weight excluding hydrogens is 212 g/mol. The third-order valence-electron chi connectivity index (χ3n) is 2.42. The first kappa shape index (κ1) is 10.5. The van der Waals surface area contributed by atoms with Crippen molar-refractivity contribution in [3.05, 3.63) is 16.1 Å². The van der Waals surface area contributed by atoms with Crippen LogP contribution in [0.4, 0.5) is 0 Å². The van der Waals surface area contributed by atoms with Gasteiger partial charge in [-0.15, -0.1) is 11.3 Å². The summed E-state index contributed by atoms with van der Waals surface area (Å²) in [5.41, 5.74) is 0. The highest BCUT2D eigenvalue weighted by atomic mass is 32.2. The highest BCUT2D eigenvalue weighted by molar-refractivity contribution is 7.99. The second-order valence-corrected chi connectivity index (χ2v) is 6.17. The first-order valence-corrected chi connectivity index (χ1v) is 6.99. The van der Waals surface area contributed by atoms with Crippen molar-refractivity contribution in [2.24, 2.45) is 0 Å². The molecule has 0 radical (unpaired) electrons. The summed E-state index contributed by atoms with van der Waals surface area (Å²) >= 11 is 3.84. The van der Waals surface area contributed by atoms with Gasteiger partial charge in [0.1, 0.15) is 5.01 Å². The van der Waals surface area contributed by atoms with Gasteiger partial charge < -0.3 is 5.32 Å². The number of nitrogens with one attached hydrogen (secondary N) is 1. The Morgan fingerprint density at radius 1 is 1.64 bits per heavy atom. The number of hydrogen-bond acceptors (Lipinski definition) is 4. The van der Waals surface area contributed by atoms with E-state index in [-0.39, 0.29) is 0 Å². The van der Waals surface area contributed by atoms with Crippen molar-refractivity contribution in [2.45, 2.75) is 32.4 Å². The molecule has 0 saturated carbocycles. The lowest BCUT2D eigenvalue weighted by molar-refractivity contribution is 0.485. The van der Waals surface area contributed by atoms with Gasteiger partial charge in [-0.1, -0.05) is 0 Å². The molecule has 0 spiro atoms. The van der Waals surface area contributed by atoms with Crippen LogP contribution in [0.1, 0.15) is 29.3 Å². The minimum Gasteiger partial charge on any atom is -0.305 e. The minimum atomic E-state index is 0.414. The summed E-state index contributed by atoms with van der Waals surface area (Å²) in [5, 5.41) is 4.86. The topological polar surface area (TPSA) is 24.9 Å². The fraction of sp³-hybridized carbons (Fsp3) is 0.700. The lowest BCUT2D eigenvalue weighted by Crippen LogP contribution is -2.31. The Bertz CT molecular complexity index is 292. The van der Waals surface area contributed by atoms with Gasteiger partial charge in [0.25, 0.3) is 0 Å². The molecule has 0 bridgehead atoms. The van der Waals surface area contributed by atoms with Crippen molar-refractivity contribution in [2.75, 3.05) is 11.5 Å². The van der Waals surface area contributed by atoms with Crippen molar-refractivity contribution in [3.63, 3.8) is 0 Å². The molecule has 14 heavy (non-hydrogen) atoms. The van der Waals surface area contributed by atoms with Gasteiger partial charge in [0, 0.05) is 22.9 Å². The van der Waals surface area contributed by atoms with E-state index in [0.717, 1.165) is 0 Å². The average Bonchev–Trinajstić information content (AvgIpc) is 2.75. The van der Waals surface area contributed by atoms with Crippen LogP contribution in [0.3, 0.4) is 0 Å². The third kappa shape index (κ3) is 2.49. The molecule has 0 aliphatic carbocycles. The monoisotopic (exact) mass is 228 g/mol. The highest BCUT2D eigenvalue weighted by Crippen LogP contribution is 2.23. The average molecular weight is 228 g/mol. The van der Waals surface area contributed by atoms with Gasteiger partial charge in [-0.05, 0) is 26.0 Å². The molecule has 4 heteroatoms. The van der Waals surface area contributed by atoms with Crippen LogP contribution in [0, 0.1) is 6.92 Å². The predicted octanol–water partition coefficient (Wildman–Crippen LogP) is 2.61. The molecule has 2 heterocycles. The van der Waals surface area contributed by atoms with Crippen LogP contribution in [0.25, 0.3) is 0 Å². The molecule has 78 valence electrons. The van der Waals surface area contributed by atoms with E-state index in [0.29, 0.717) is 12.1 Å². The summed E-state index contributed by atoms with van der Waals surface area (Å²) in [6, 6.07) is 1.11. The number of nitrogens with zero attached hydrogens (tertiary/aromatic N) is 1. The Kier molecular flexibility index (Phi) is 3.47. The Morgan fingerprint density at radius 2 is 2.50 bits per heavy atom. The second-order valence-electron chi connectivity index (χ2n) is 3.76. The summed E-state index contributed by atoms with van der Waals surface area (Å²) < 4.78 is 0. The Hall–Kier alpha value is -0.0600. The SMILES string of the molecule is Cc1cnc(C(C)NC2CCSC2)s1. The van der Waals surface area contributed by atoms with Crippen LogP contribution >= 0.6 is 23.1 Å². The molecule has 1 aromatic rings. The Balaban J connectivity index is 1.91. The smallest absolute Gasteiger partial charge is 0.109 e. The Labute approximate surface area is 93.5 Å². The van der Waals surface area contributed by atoms with Crippen molar-refractivity contribution < 1.29 is 0 Å². The molecule has 1 aromatic heterocycles. The Morgan fingerprint density at radius 3 is 3.07 bits per heavy atom. The molecule has 2 atom stereocenters. The summed E-state index contributed by atoms with van der Waals surface area (Å²) in [7, 11) is 0. The van der Waals surface area contributed by atoms with Gasteiger partial charge >= 0.3 is 0 Å². The summed E-state index contributed by atoms with van der Waals surface area (Å²) in [6.45, 7) is 4.32. The van der Waals surface area contributed by atoms with E-state index in [9.17, 15) is 0 Å². The van der Waals surface area contributed by atoms with E-state index in [1.54, 1.807) is 11.3 Å². The van der Waals surface area contributed by atoms with Crippen LogP contribution in [0.15, 0.2) is 6.20 Å². The predicted molar refractivity (Wildman–Crippen MR) is 64.1 cm³/mol. The first-order chi connectivity index (χ1) is 6.75. The molecule has 1 aliphatic rings. The molecule has 0 aromatic carbocycles. The fourth-order valence-corrected chi connectivity index (χ4v) is 3.61. The van der Waals surface area contributed by atoms with Crippen molar-refractivity contribution >= 4 is 23.1 Å². The molecular formula is C10H16N2S2. The molecule has 2 nitrogen and oxygen atoms in total. The summed E-state index contributed by atoms with van der Waals surface area (Å²) in [6.07, 6.45) is 3.26. The minimum absolute atomic E-state index is 0.414. The van der Waals surface area contributed by atoms with E-state index in [1.807, 2.05) is 18.0 Å². The van der Waals surface area contributed by atoms with E-state index in [4.69, 9.17) is 0 Å². The quantitative estimate of drug-likeness (QED) is 0.861. The van der Waals surface area contributed by atoms with E-state index < -0.39 is 0 Å². The second kappa shape index (κ2) is 4.64. The number of rotatable bonds is 3. The summed E-state index contributed by atoms with van der Waals surface area (Å²) in [5.74, 6) is 2.57. The standard InChI is InChI=1S/C10H16N2S2/c1-7-5-11-10(14-7)8(2)12-9-3-4-13-6-9/h5,8-9,12H,3-4,6H2,1-2H3. The van der Waals surface area contributed by atoms with Gasteiger partial charge in [0.15, 0.2) is 0 Å². The highest BCUT2D eigenvalue weighted by Gasteiger charge is 2.19. The molecule has 0 amide bonds. The number of aromatic nitrogens is 1. The van der Waals surface area contributed by atoms with E-state index in [1.165, 1.54) is 27.8 Å². The maximum Gasteiger partial charge on any atom is 0.109 e. The lowest BCUT2D eigenvalue weighted by Gasteiger charge is -2.16.